The van der Waals surface area contributed by atoms with E-state index in [1.807, 2.05) is 23.6 Å². The van der Waals surface area contributed by atoms with Gasteiger partial charge in [0.2, 0.25) is 0 Å². The van der Waals surface area contributed by atoms with Crippen LogP contribution in [0.2, 0.25) is 0 Å². The summed E-state index contributed by atoms with van der Waals surface area (Å²) in [5, 5.41) is 10.3. The van der Waals surface area contributed by atoms with Gasteiger partial charge in [0.15, 0.2) is 0 Å². The Morgan fingerprint density at radius 1 is 1.55 bits per heavy atom. The Labute approximate surface area is 70.3 Å². The smallest absolute Gasteiger partial charge is 0.133 e. The molecule has 0 amide bonds. The van der Waals surface area contributed by atoms with Crippen LogP contribution in [0.1, 0.15) is 5.69 Å². The standard InChI is InChI=1S/C8H8N2S/c9-7-11-6-4-8-3-1-2-5-10-8/h1-3,5H,4,6H2. The van der Waals surface area contributed by atoms with Crippen LogP contribution in [0.5, 0.6) is 0 Å². The number of nitrogens with zero attached hydrogens (tertiary/aromatic N) is 2. The minimum absolute atomic E-state index is 0.827. The molecular weight excluding hydrogens is 156 g/mol. The van der Waals surface area contributed by atoms with Crippen LogP contribution in [-0.4, -0.2) is 10.7 Å². The van der Waals surface area contributed by atoms with Gasteiger partial charge in [-0.15, -0.1) is 0 Å². The molecule has 1 heterocycles. The Morgan fingerprint density at radius 3 is 3.09 bits per heavy atom. The molecule has 3 heteroatoms. The van der Waals surface area contributed by atoms with Crippen molar-refractivity contribution in [3.05, 3.63) is 30.1 Å². The molecule has 0 spiro atoms. The van der Waals surface area contributed by atoms with Crippen molar-refractivity contribution in [1.82, 2.24) is 4.98 Å². The van der Waals surface area contributed by atoms with E-state index in [4.69, 9.17) is 5.26 Å². The lowest BCUT2D eigenvalue weighted by molar-refractivity contribution is 1.05. The number of aryl methyl sites for hydroxylation is 1. The highest BCUT2D eigenvalue weighted by molar-refractivity contribution is 8.03. The highest BCUT2D eigenvalue weighted by atomic mass is 32.2. The van der Waals surface area contributed by atoms with E-state index in [2.05, 4.69) is 4.98 Å². The van der Waals surface area contributed by atoms with Crippen molar-refractivity contribution in [2.75, 3.05) is 5.75 Å². The fourth-order valence-corrected chi connectivity index (χ4v) is 1.15. The van der Waals surface area contributed by atoms with Gasteiger partial charge in [-0.3, -0.25) is 4.98 Å². The zero-order valence-electron chi connectivity index (χ0n) is 6.03. The molecule has 0 atom stereocenters. The van der Waals surface area contributed by atoms with Gasteiger partial charge >= 0.3 is 0 Å². The fraction of sp³-hybridized carbons (Fsp3) is 0.250. The van der Waals surface area contributed by atoms with E-state index < -0.39 is 0 Å². The Morgan fingerprint density at radius 2 is 2.45 bits per heavy atom. The number of aromatic nitrogens is 1. The normalized spacial score (nSPS) is 9.00. The molecule has 0 bridgehead atoms. The summed E-state index contributed by atoms with van der Waals surface area (Å²) in [6.45, 7) is 0. The first kappa shape index (κ1) is 8.09. The number of pyridine rings is 1. The zero-order chi connectivity index (χ0) is 7.94. The van der Waals surface area contributed by atoms with Crippen LogP contribution < -0.4 is 0 Å². The first-order valence-corrected chi connectivity index (χ1v) is 4.33. The molecule has 0 unspecified atom stereocenters. The largest absolute Gasteiger partial charge is 0.261 e. The maximum absolute atomic E-state index is 8.24. The molecule has 2 nitrogen and oxygen atoms in total. The minimum atomic E-state index is 0.827. The van der Waals surface area contributed by atoms with Crippen molar-refractivity contribution >= 4 is 11.8 Å². The average Bonchev–Trinajstić information content (AvgIpc) is 2.07. The van der Waals surface area contributed by atoms with Crippen LogP contribution >= 0.6 is 11.8 Å². The lowest BCUT2D eigenvalue weighted by atomic mass is 10.3. The number of thiocyanates is 1. The lowest BCUT2D eigenvalue weighted by Gasteiger charge is -1.94. The number of hydrogen-bond acceptors (Lipinski definition) is 3. The third-order valence-corrected chi connectivity index (χ3v) is 1.79. The average molecular weight is 164 g/mol. The molecule has 11 heavy (non-hydrogen) atoms. The maximum Gasteiger partial charge on any atom is 0.133 e. The van der Waals surface area contributed by atoms with Crippen LogP contribution in [-0.2, 0) is 6.42 Å². The van der Waals surface area contributed by atoms with Gasteiger partial charge in [0.05, 0.1) is 0 Å². The second-order valence-corrected chi connectivity index (χ2v) is 2.89. The Balaban J connectivity index is 2.35. The number of thioether (sulfide) groups is 1. The van der Waals surface area contributed by atoms with Crippen LogP contribution in [0.3, 0.4) is 0 Å². The third kappa shape index (κ3) is 3.06. The van der Waals surface area contributed by atoms with Crippen molar-refractivity contribution in [3.63, 3.8) is 0 Å². The maximum atomic E-state index is 8.24. The van der Waals surface area contributed by atoms with Gasteiger partial charge in [-0.2, -0.15) is 5.26 Å². The van der Waals surface area contributed by atoms with Crippen LogP contribution in [0, 0.1) is 10.7 Å². The predicted octanol–water partition coefficient (Wildman–Crippen LogP) is 1.84. The van der Waals surface area contributed by atoms with Gasteiger partial charge in [0, 0.05) is 17.6 Å². The Kier molecular flexibility index (Phi) is 3.49. The quantitative estimate of drug-likeness (QED) is 0.505. The molecule has 0 N–H and O–H groups in total. The summed E-state index contributed by atoms with van der Waals surface area (Å²) in [6.07, 6.45) is 2.64. The predicted molar refractivity (Wildman–Crippen MR) is 46.0 cm³/mol. The summed E-state index contributed by atoms with van der Waals surface area (Å²) in [4.78, 5) is 4.13. The summed E-state index contributed by atoms with van der Waals surface area (Å²) in [6, 6.07) is 5.82. The summed E-state index contributed by atoms with van der Waals surface area (Å²) >= 11 is 1.27. The first-order chi connectivity index (χ1) is 5.43. The molecule has 0 aliphatic heterocycles. The van der Waals surface area contributed by atoms with Gasteiger partial charge in [0.1, 0.15) is 5.40 Å². The Hall–Kier alpha value is -1.01. The zero-order valence-corrected chi connectivity index (χ0v) is 6.84. The van der Waals surface area contributed by atoms with E-state index in [0.29, 0.717) is 0 Å². The molecule has 0 fully saturated rings. The number of nitriles is 1. The van der Waals surface area contributed by atoms with Gasteiger partial charge in [0.25, 0.3) is 0 Å². The second-order valence-electron chi connectivity index (χ2n) is 2.01. The summed E-state index contributed by atoms with van der Waals surface area (Å²) in [7, 11) is 0. The van der Waals surface area contributed by atoms with Crippen molar-refractivity contribution in [2.45, 2.75) is 6.42 Å². The molecule has 0 aliphatic carbocycles. The molecule has 0 radical (unpaired) electrons. The van der Waals surface area contributed by atoms with E-state index in [1.165, 1.54) is 11.8 Å². The van der Waals surface area contributed by atoms with Crippen molar-refractivity contribution in [2.24, 2.45) is 0 Å². The number of rotatable bonds is 3. The molecule has 56 valence electrons. The van der Waals surface area contributed by atoms with E-state index in [-0.39, 0.29) is 0 Å². The van der Waals surface area contributed by atoms with Crippen LogP contribution in [0.4, 0.5) is 0 Å². The van der Waals surface area contributed by atoms with E-state index in [0.717, 1.165) is 17.9 Å². The van der Waals surface area contributed by atoms with Gasteiger partial charge in [-0.1, -0.05) is 6.07 Å². The molecule has 0 saturated heterocycles. The highest BCUT2D eigenvalue weighted by Gasteiger charge is 1.91. The van der Waals surface area contributed by atoms with Crippen LogP contribution in [0.25, 0.3) is 0 Å². The highest BCUT2D eigenvalue weighted by Crippen LogP contribution is 2.01. The fourth-order valence-electron chi connectivity index (χ4n) is 0.747. The molecule has 1 aromatic rings. The van der Waals surface area contributed by atoms with E-state index in [9.17, 15) is 0 Å². The van der Waals surface area contributed by atoms with E-state index in [1.54, 1.807) is 6.20 Å². The van der Waals surface area contributed by atoms with Crippen molar-refractivity contribution in [1.29, 1.82) is 5.26 Å². The molecule has 1 aromatic heterocycles. The molecule has 0 aliphatic rings. The summed E-state index contributed by atoms with van der Waals surface area (Å²) < 4.78 is 0. The van der Waals surface area contributed by atoms with E-state index >= 15 is 0 Å². The second kappa shape index (κ2) is 4.75. The monoisotopic (exact) mass is 164 g/mol. The van der Waals surface area contributed by atoms with Gasteiger partial charge < -0.3 is 0 Å². The Bertz CT molecular complexity index is 240. The van der Waals surface area contributed by atoms with Crippen molar-refractivity contribution in [3.8, 4) is 5.40 Å². The van der Waals surface area contributed by atoms with Gasteiger partial charge in [-0.05, 0) is 30.3 Å². The molecule has 0 aromatic carbocycles. The third-order valence-electron chi connectivity index (χ3n) is 1.25. The van der Waals surface area contributed by atoms with Crippen molar-refractivity contribution < 1.29 is 0 Å². The number of hydrogen-bond donors (Lipinski definition) is 0. The summed E-state index contributed by atoms with van der Waals surface area (Å²) in [5.41, 5.74) is 1.05. The molecule has 0 saturated carbocycles. The van der Waals surface area contributed by atoms with Crippen LogP contribution in [0.15, 0.2) is 24.4 Å². The van der Waals surface area contributed by atoms with Gasteiger partial charge in [-0.25, -0.2) is 0 Å². The molecular formula is C8H8N2S. The first-order valence-electron chi connectivity index (χ1n) is 3.34. The summed E-state index contributed by atoms with van der Waals surface area (Å²) in [5.74, 6) is 0.827. The topological polar surface area (TPSA) is 36.7 Å². The lowest BCUT2D eigenvalue weighted by Crippen LogP contribution is -1.89. The minimum Gasteiger partial charge on any atom is -0.261 e. The SMILES string of the molecule is N#CSCCc1ccccn1. The molecule has 1 rings (SSSR count).